The summed E-state index contributed by atoms with van der Waals surface area (Å²) in [6, 6.07) is 19.4. The van der Waals surface area contributed by atoms with Crippen LogP contribution in [0.15, 0.2) is 60.7 Å². The topological polar surface area (TPSA) is 70.1 Å². The molecule has 0 radical (unpaired) electrons. The standard InChI is InChI=1S/C28H26N2O5S/c1-32-21-8-6-18(7-9-21)28(31)30-11-13-34-26-20(16-30)14-19(15-24(26)35-22-10-12-33-17-22)27-29-23-4-2-3-5-25(23)36-27/h2-9,14-15,22H,10-13,16-17H2,1H3/t22-/m1/s1. The van der Waals surface area contributed by atoms with Crippen LogP contribution in [0.4, 0.5) is 0 Å². The van der Waals surface area contributed by atoms with E-state index >= 15 is 0 Å². The van der Waals surface area contributed by atoms with Crippen LogP contribution in [0.5, 0.6) is 17.2 Å². The van der Waals surface area contributed by atoms with Gasteiger partial charge in [-0.2, -0.15) is 0 Å². The SMILES string of the molecule is COc1ccc(C(=O)N2CCOc3c(cc(-c4nc5ccccc5s4)cc3O[C@@H]3CCOC3)C2)cc1. The number of hydrogen-bond acceptors (Lipinski definition) is 7. The summed E-state index contributed by atoms with van der Waals surface area (Å²) in [6.07, 6.45) is 0.811. The highest BCUT2D eigenvalue weighted by molar-refractivity contribution is 7.21. The molecule has 36 heavy (non-hydrogen) atoms. The van der Waals surface area contributed by atoms with Gasteiger partial charge in [-0.25, -0.2) is 4.98 Å². The van der Waals surface area contributed by atoms with Gasteiger partial charge in [0.1, 0.15) is 23.5 Å². The van der Waals surface area contributed by atoms with E-state index in [-0.39, 0.29) is 12.0 Å². The zero-order valence-electron chi connectivity index (χ0n) is 19.9. The Hall–Kier alpha value is -3.62. The molecule has 3 aromatic carbocycles. The van der Waals surface area contributed by atoms with Gasteiger partial charge >= 0.3 is 0 Å². The third-order valence-corrected chi connectivity index (χ3v) is 7.53. The normalized spacial score (nSPS) is 17.4. The van der Waals surface area contributed by atoms with Crippen molar-refractivity contribution in [2.75, 3.05) is 33.5 Å². The predicted octanol–water partition coefficient (Wildman–Crippen LogP) is 5.17. The molecule has 2 aliphatic heterocycles. The Kier molecular flexibility index (Phi) is 6.21. The van der Waals surface area contributed by atoms with E-state index in [0.717, 1.165) is 32.8 Å². The molecule has 1 saturated heterocycles. The molecule has 0 unspecified atom stereocenters. The highest BCUT2D eigenvalue weighted by atomic mass is 32.1. The summed E-state index contributed by atoms with van der Waals surface area (Å²) < 4.78 is 24.5. The molecular formula is C28H26N2O5S. The lowest BCUT2D eigenvalue weighted by Crippen LogP contribution is -2.32. The molecule has 0 spiro atoms. The Bertz CT molecular complexity index is 1360. The average Bonchev–Trinajstić information content (AvgIpc) is 3.53. The lowest BCUT2D eigenvalue weighted by Gasteiger charge is -2.21. The van der Waals surface area contributed by atoms with Gasteiger partial charge in [-0.15, -0.1) is 11.3 Å². The zero-order valence-corrected chi connectivity index (χ0v) is 20.8. The Labute approximate surface area is 213 Å². The second kappa shape index (κ2) is 9.79. The minimum Gasteiger partial charge on any atom is -0.497 e. The second-order valence-electron chi connectivity index (χ2n) is 8.86. The van der Waals surface area contributed by atoms with Crippen LogP contribution in [0, 0.1) is 0 Å². The van der Waals surface area contributed by atoms with Gasteiger partial charge in [-0.3, -0.25) is 4.79 Å². The fraction of sp³-hybridized carbons (Fsp3) is 0.286. The van der Waals surface area contributed by atoms with Gasteiger partial charge in [0.25, 0.3) is 5.91 Å². The number of rotatable bonds is 5. The Morgan fingerprint density at radius 2 is 1.97 bits per heavy atom. The van der Waals surface area contributed by atoms with Crippen molar-refractivity contribution < 1.29 is 23.7 Å². The molecule has 1 amide bonds. The molecule has 1 atom stereocenters. The lowest BCUT2D eigenvalue weighted by molar-refractivity contribution is 0.0732. The van der Waals surface area contributed by atoms with Crippen LogP contribution in [-0.2, 0) is 11.3 Å². The van der Waals surface area contributed by atoms with Crippen molar-refractivity contribution in [1.29, 1.82) is 0 Å². The molecule has 0 aliphatic carbocycles. The van der Waals surface area contributed by atoms with Crippen LogP contribution in [0.1, 0.15) is 22.3 Å². The number of aromatic nitrogens is 1. The smallest absolute Gasteiger partial charge is 0.254 e. The largest absolute Gasteiger partial charge is 0.497 e. The molecule has 4 aromatic rings. The lowest BCUT2D eigenvalue weighted by atomic mass is 10.1. The molecule has 7 nitrogen and oxygen atoms in total. The zero-order chi connectivity index (χ0) is 24.5. The van der Waals surface area contributed by atoms with Gasteiger partial charge in [-0.1, -0.05) is 12.1 Å². The van der Waals surface area contributed by atoms with E-state index in [4.69, 9.17) is 23.9 Å². The van der Waals surface area contributed by atoms with Crippen molar-refractivity contribution in [3.63, 3.8) is 0 Å². The number of carbonyl (C=O) groups is 1. The molecular weight excluding hydrogens is 476 g/mol. The van der Waals surface area contributed by atoms with E-state index in [0.29, 0.717) is 55.7 Å². The maximum absolute atomic E-state index is 13.4. The summed E-state index contributed by atoms with van der Waals surface area (Å²) in [5.41, 5.74) is 3.43. The fourth-order valence-corrected chi connectivity index (χ4v) is 5.52. The highest BCUT2D eigenvalue weighted by Crippen LogP contribution is 2.41. The van der Waals surface area contributed by atoms with Crippen molar-refractivity contribution in [3.05, 3.63) is 71.8 Å². The Balaban J connectivity index is 1.37. The summed E-state index contributed by atoms with van der Waals surface area (Å²) in [7, 11) is 1.61. The van der Waals surface area contributed by atoms with Crippen LogP contribution < -0.4 is 14.2 Å². The van der Waals surface area contributed by atoms with Gasteiger partial charge in [0.2, 0.25) is 0 Å². The molecule has 3 heterocycles. The third-order valence-electron chi connectivity index (χ3n) is 6.45. The first-order chi connectivity index (χ1) is 17.7. The van der Waals surface area contributed by atoms with E-state index in [1.807, 2.05) is 29.2 Å². The summed E-state index contributed by atoms with van der Waals surface area (Å²) in [5.74, 6) is 2.04. The average molecular weight is 503 g/mol. The number of hydrogen-bond donors (Lipinski definition) is 0. The highest BCUT2D eigenvalue weighted by Gasteiger charge is 2.27. The number of amides is 1. The first-order valence-corrected chi connectivity index (χ1v) is 12.8. The third kappa shape index (κ3) is 4.50. The van der Waals surface area contributed by atoms with E-state index in [1.165, 1.54) is 0 Å². The van der Waals surface area contributed by atoms with Gasteiger partial charge < -0.3 is 23.8 Å². The minimum atomic E-state index is -0.0499. The molecule has 0 saturated carbocycles. The Morgan fingerprint density at radius 3 is 2.75 bits per heavy atom. The number of thiazole rings is 1. The molecule has 1 fully saturated rings. The van der Waals surface area contributed by atoms with Crippen molar-refractivity contribution >= 4 is 27.5 Å². The van der Waals surface area contributed by atoms with E-state index in [1.54, 1.807) is 42.7 Å². The van der Waals surface area contributed by atoms with Gasteiger partial charge in [0, 0.05) is 29.7 Å². The van der Waals surface area contributed by atoms with Gasteiger partial charge in [-0.05, 0) is 48.5 Å². The van der Waals surface area contributed by atoms with Crippen molar-refractivity contribution in [3.8, 4) is 27.8 Å². The minimum absolute atomic E-state index is 0.0244. The van der Waals surface area contributed by atoms with Crippen LogP contribution in [0.25, 0.3) is 20.8 Å². The van der Waals surface area contributed by atoms with Crippen molar-refractivity contribution in [2.45, 2.75) is 19.1 Å². The first-order valence-electron chi connectivity index (χ1n) is 12.0. The van der Waals surface area contributed by atoms with Crippen LogP contribution in [-0.4, -0.2) is 55.4 Å². The number of carbonyl (C=O) groups excluding carboxylic acids is 1. The maximum Gasteiger partial charge on any atom is 0.254 e. The number of ether oxygens (including phenoxy) is 4. The summed E-state index contributed by atoms with van der Waals surface area (Å²) in [6.45, 7) is 2.52. The molecule has 0 bridgehead atoms. The number of fused-ring (bicyclic) bond motifs is 2. The molecule has 1 aromatic heterocycles. The monoisotopic (exact) mass is 502 g/mol. The summed E-state index contributed by atoms with van der Waals surface area (Å²) >= 11 is 1.64. The van der Waals surface area contributed by atoms with E-state index in [2.05, 4.69) is 12.1 Å². The van der Waals surface area contributed by atoms with Crippen molar-refractivity contribution in [2.24, 2.45) is 0 Å². The number of methoxy groups -OCH3 is 1. The quantitative estimate of drug-likeness (QED) is 0.375. The molecule has 8 heteroatoms. The number of nitrogens with zero attached hydrogens (tertiary/aromatic N) is 2. The number of benzene rings is 3. The molecule has 184 valence electrons. The Morgan fingerprint density at radius 1 is 1.11 bits per heavy atom. The molecule has 2 aliphatic rings. The molecule has 0 N–H and O–H groups in total. The first kappa shape index (κ1) is 22.8. The van der Waals surface area contributed by atoms with Crippen LogP contribution >= 0.6 is 11.3 Å². The molecule has 6 rings (SSSR count). The summed E-state index contributed by atoms with van der Waals surface area (Å²) in [5, 5.41) is 0.906. The van der Waals surface area contributed by atoms with E-state index in [9.17, 15) is 4.79 Å². The second-order valence-corrected chi connectivity index (χ2v) is 9.89. The van der Waals surface area contributed by atoms with E-state index < -0.39 is 0 Å². The fourth-order valence-electron chi connectivity index (χ4n) is 4.57. The van der Waals surface area contributed by atoms with Gasteiger partial charge in [0.05, 0.1) is 37.1 Å². The summed E-state index contributed by atoms with van der Waals surface area (Å²) in [4.78, 5) is 20.0. The van der Waals surface area contributed by atoms with Gasteiger partial charge in [0.15, 0.2) is 11.5 Å². The maximum atomic E-state index is 13.4. The van der Waals surface area contributed by atoms with Crippen LogP contribution in [0.2, 0.25) is 0 Å². The predicted molar refractivity (Wildman–Crippen MR) is 138 cm³/mol. The number of para-hydroxylation sites is 1. The van der Waals surface area contributed by atoms with Crippen LogP contribution in [0.3, 0.4) is 0 Å². The van der Waals surface area contributed by atoms with Crippen molar-refractivity contribution in [1.82, 2.24) is 9.88 Å².